The van der Waals surface area contributed by atoms with Gasteiger partial charge in [0, 0.05) is 54.2 Å². The fraction of sp³-hybridized carbons (Fsp3) is 0.263. The van der Waals surface area contributed by atoms with Gasteiger partial charge in [-0.1, -0.05) is 12.1 Å². The quantitative estimate of drug-likeness (QED) is 0.770. The van der Waals surface area contributed by atoms with Gasteiger partial charge in [-0.2, -0.15) is 0 Å². The lowest BCUT2D eigenvalue weighted by Crippen LogP contribution is -2.48. The highest BCUT2D eigenvalue weighted by molar-refractivity contribution is 7.13. The molecule has 7 heteroatoms. The average Bonchev–Trinajstić information content (AvgIpc) is 3.24. The van der Waals surface area contributed by atoms with Crippen molar-refractivity contribution in [1.82, 2.24) is 20.3 Å². The fourth-order valence-electron chi connectivity index (χ4n) is 3.19. The molecule has 2 aromatic heterocycles. The smallest absolute Gasteiger partial charge is 0.251 e. The predicted octanol–water partition coefficient (Wildman–Crippen LogP) is 3.00. The number of benzene rings is 1. The third-order valence-electron chi connectivity index (χ3n) is 4.43. The molecule has 1 aliphatic heterocycles. The Labute approximate surface area is 155 Å². The minimum absolute atomic E-state index is 0.0469. The third-order valence-corrected chi connectivity index (χ3v) is 5.26. The molecule has 1 saturated heterocycles. The predicted molar refractivity (Wildman–Crippen MR) is 102 cm³/mol. The first-order chi connectivity index (χ1) is 12.8. The number of aromatic nitrogens is 3. The van der Waals surface area contributed by atoms with E-state index in [1.54, 1.807) is 36.1 Å². The van der Waals surface area contributed by atoms with E-state index in [1.807, 2.05) is 29.6 Å². The van der Waals surface area contributed by atoms with E-state index in [2.05, 4.69) is 25.2 Å². The molecule has 1 aromatic carbocycles. The Bertz CT molecular complexity index is 869. The average molecular weight is 365 g/mol. The molecule has 1 aliphatic rings. The van der Waals surface area contributed by atoms with Crippen LogP contribution in [-0.2, 0) is 0 Å². The van der Waals surface area contributed by atoms with E-state index in [1.165, 1.54) is 0 Å². The molecule has 3 heterocycles. The van der Waals surface area contributed by atoms with Crippen molar-refractivity contribution in [1.29, 1.82) is 0 Å². The van der Waals surface area contributed by atoms with Gasteiger partial charge in [-0.15, -0.1) is 11.3 Å². The first-order valence-corrected chi connectivity index (χ1v) is 9.49. The van der Waals surface area contributed by atoms with Crippen LogP contribution in [0.15, 0.2) is 54.4 Å². The van der Waals surface area contributed by atoms with Gasteiger partial charge in [0.1, 0.15) is 10.8 Å². The van der Waals surface area contributed by atoms with Crippen molar-refractivity contribution in [2.24, 2.45) is 0 Å². The Balaban J connectivity index is 1.44. The maximum Gasteiger partial charge on any atom is 0.251 e. The Morgan fingerprint density at radius 3 is 3.00 bits per heavy atom. The Morgan fingerprint density at radius 2 is 2.19 bits per heavy atom. The van der Waals surface area contributed by atoms with Gasteiger partial charge in [-0.3, -0.25) is 9.78 Å². The summed E-state index contributed by atoms with van der Waals surface area (Å²) in [4.78, 5) is 27.7. The highest BCUT2D eigenvalue weighted by Gasteiger charge is 2.23. The van der Waals surface area contributed by atoms with Crippen LogP contribution in [0.3, 0.4) is 0 Å². The number of nitrogens with zero attached hydrogens (tertiary/aromatic N) is 4. The number of amides is 1. The van der Waals surface area contributed by atoms with E-state index in [9.17, 15) is 4.79 Å². The minimum atomic E-state index is -0.0469. The lowest BCUT2D eigenvalue weighted by atomic mass is 10.0. The highest BCUT2D eigenvalue weighted by atomic mass is 32.1. The molecular formula is C19H19N5OS. The number of carbonyl (C=O) groups excluding carboxylic acids is 1. The maximum absolute atomic E-state index is 12.7. The summed E-state index contributed by atoms with van der Waals surface area (Å²) in [5.74, 6) is 0.812. The number of nitrogens with one attached hydrogen (secondary N) is 1. The summed E-state index contributed by atoms with van der Waals surface area (Å²) in [6, 6.07) is 7.72. The van der Waals surface area contributed by atoms with Crippen molar-refractivity contribution >= 4 is 23.1 Å². The van der Waals surface area contributed by atoms with Crippen LogP contribution in [0.2, 0.25) is 0 Å². The largest absolute Gasteiger partial charge is 0.353 e. The van der Waals surface area contributed by atoms with Crippen LogP contribution >= 0.6 is 11.3 Å². The molecule has 132 valence electrons. The minimum Gasteiger partial charge on any atom is -0.353 e. The molecular weight excluding hydrogens is 346 g/mol. The van der Waals surface area contributed by atoms with Crippen molar-refractivity contribution in [2.75, 3.05) is 18.0 Å². The zero-order valence-corrected chi connectivity index (χ0v) is 15.0. The van der Waals surface area contributed by atoms with Gasteiger partial charge in [0.15, 0.2) is 0 Å². The van der Waals surface area contributed by atoms with Crippen molar-refractivity contribution in [3.63, 3.8) is 0 Å². The van der Waals surface area contributed by atoms with Crippen molar-refractivity contribution in [3.8, 4) is 10.6 Å². The standard InChI is InChI=1S/C19H19N5OS/c25-18(14-3-1-4-15(11-14)19-22-8-10-26-19)23-16-5-2-9-24(13-16)17-12-20-6-7-21-17/h1,3-4,6-8,10-12,16H,2,5,9,13H2,(H,23,25). The van der Waals surface area contributed by atoms with E-state index in [4.69, 9.17) is 0 Å². The zero-order valence-electron chi connectivity index (χ0n) is 14.2. The molecule has 1 N–H and O–H groups in total. The van der Waals surface area contributed by atoms with Crippen molar-refractivity contribution in [3.05, 3.63) is 60.0 Å². The molecule has 0 saturated carbocycles. The Hall–Kier alpha value is -2.80. The summed E-state index contributed by atoms with van der Waals surface area (Å²) in [7, 11) is 0. The molecule has 0 bridgehead atoms. The van der Waals surface area contributed by atoms with Crippen LogP contribution in [0.5, 0.6) is 0 Å². The number of rotatable bonds is 4. The van der Waals surface area contributed by atoms with E-state index in [0.717, 1.165) is 42.3 Å². The monoisotopic (exact) mass is 365 g/mol. The third kappa shape index (κ3) is 3.72. The van der Waals surface area contributed by atoms with Crippen molar-refractivity contribution < 1.29 is 4.79 Å². The van der Waals surface area contributed by atoms with E-state index >= 15 is 0 Å². The zero-order chi connectivity index (χ0) is 17.8. The summed E-state index contributed by atoms with van der Waals surface area (Å²) in [5, 5.41) is 6.02. The Kier molecular flexibility index (Phi) is 4.88. The molecule has 0 radical (unpaired) electrons. The van der Waals surface area contributed by atoms with Crippen LogP contribution in [0, 0.1) is 0 Å². The van der Waals surface area contributed by atoms with Gasteiger partial charge in [-0.25, -0.2) is 9.97 Å². The lowest BCUT2D eigenvalue weighted by Gasteiger charge is -2.33. The van der Waals surface area contributed by atoms with Gasteiger partial charge < -0.3 is 10.2 Å². The first-order valence-electron chi connectivity index (χ1n) is 8.61. The summed E-state index contributed by atoms with van der Waals surface area (Å²) in [5.41, 5.74) is 1.63. The first kappa shape index (κ1) is 16.7. The molecule has 0 spiro atoms. The molecule has 1 fully saturated rings. The SMILES string of the molecule is O=C(NC1CCCN(c2cnccn2)C1)c1cccc(-c2nccs2)c1. The lowest BCUT2D eigenvalue weighted by molar-refractivity contribution is 0.0933. The van der Waals surface area contributed by atoms with Gasteiger partial charge in [-0.05, 0) is 25.0 Å². The molecule has 1 atom stereocenters. The molecule has 26 heavy (non-hydrogen) atoms. The van der Waals surface area contributed by atoms with Crippen molar-refractivity contribution in [2.45, 2.75) is 18.9 Å². The number of carbonyl (C=O) groups is 1. The van der Waals surface area contributed by atoms with E-state index in [-0.39, 0.29) is 11.9 Å². The van der Waals surface area contributed by atoms with Gasteiger partial charge in [0.2, 0.25) is 0 Å². The number of thiazole rings is 1. The van der Waals surface area contributed by atoms with Crippen LogP contribution in [0.1, 0.15) is 23.2 Å². The Morgan fingerprint density at radius 1 is 1.23 bits per heavy atom. The number of hydrogen-bond acceptors (Lipinski definition) is 6. The second-order valence-corrected chi connectivity index (χ2v) is 7.13. The van der Waals surface area contributed by atoms with Crippen LogP contribution < -0.4 is 10.2 Å². The normalized spacial score (nSPS) is 17.1. The summed E-state index contributed by atoms with van der Waals surface area (Å²) in [6.45, 7) is 1.68. The second-order valence-electron chi connectivity index (χ2n) is 6.24. The number of piperidine rings is 1. The summed E-state index contributed by atoms with van der Waals surface area (Å²) >= 11 is 1.57. The van der Waals surface area contributed by atoms with Gasteiger partial charge in [0.25, 0.3) is 5.91 Å². The summed E-state index contributed by atoms with van der Waals surface area (Å²) < 4.78 is 0. The van der Waals surface area contributed by atoms with E-state index in [0.29, 0.717) is 5.56 Å². The van der Waals surface area contributed by atoms with Crippen LogP contribution in [0.4, 0.5) is 5.82 Å². The molecule has 4 rings (SSSR count). The molecule has 0 aliphatic carbocycles. The molecule has 6 nitrogen and oxygen atoms in total. The highest BCUT2D eigenvalue weighted by Crippen LogP contribution is 2.23. The molecule has 1 amide bonds. The second kappa shape index (κ2) is 7.61. The van der Waals surface area contributed by atoms with Crippen LogP contribution in [-0.4, -0.2) is 40.0 Å². The van der Waals surface area contributed by atoms with Gasteiger partial charge in [0.05, 0.1) is 6.20 Å². The number of hydrogen-bond donors (Lipinski definition) is 1. The molecule has 3 aromatic rings. The summed E-state index contributed by atoms with van der Waals surface area (Å²) in [6.07, 6.45) is 8.89. The molecule has 1 unspecified atom stereocenters. The number of anilines is 1. The topological polar surface area (TPSA) is 71.0 Å². The van der Waals surface area contributed by atoms with Gasteiger partial charge >= 0.3 is 0 Å². The fourth-order valence-corrected chi connectivity index (χ4v) is 3.82. The maximum atomic E-state index is 12.7. The van der Waals surface area contributed by atoms with Crippen LogP contribution in [0.25, 0.3) is 10.6 Å². The van der Waals surface area contributed by atoms with E-state index < -0.39 is 0 Å².